The van der Waals surface area contributed by atoms with E-state index >= 15 is 0 Å². The number of hydrogen-bond donors (Lipinski definition) is 1. The summed E-state index contributed by atoms with van der Waals surface area (Å²) in [4.78, 5) is 24.6. The van der Waals surface area contributed by atoms with Crippen molar-refractivity contribution >= 4 is 16.9 Å². The average Bonchev–Trinajstić information content (AvgIpc) is 3.07. The number of aryl methyl sites for hydroxylation is 3. The number of imidazole rings is 1. The van der Waals surface area contributed by atoms with Gasteiger partial charge in [0.2, 0.25) is 5.78 Å². The zero-order chi connectivity index (χ0) is 14.3. The number of aromatic nitrogens is 6. The van der Waals surface area contributed by atoms with Crippen molar-refractivity contribution in [1.29, 1.82) is 0 Å². The molecular weight excluding hydrogens is 256 g/mol. The third-order valence-electron chi connectivity index (χ3n) is 3.37. The number of aromatic amines is 1. The Bertz CT molecular complexity index is 762. The van der Waals surface area contributed by atoms with Crippen LogP contribution in [0.2, 0.25) is 0 Å². The van der Waals surface area contributed by atoms with E-state index in [4.69, 9.17) is 0 Å². The Kier molecular flexibility index (Phi) is 3.04. The molecule has 0 spiro atoms. The van der Waals surface area contributed by atoms with Crippen molar-refractivity contribution in [2.24, 2.45) is 0 Å². The first-order valence-electron chi connectivity index (χ1n) is 7.06. The van der Waals surface area contributed by atoms with Crippen molar-refractivity contribution in [2.45, 2.75) is 46.6 Å². The van der Waals surface area contributed by atoms with Crippen LogP contribution in [0.1, 0.15) is 38.8 Å². The molecule has 3 aromatic rings. The van der Waals surface area contributed by atoms with E-state index in [9.17, 15) is 4.79 Å². The minimum Gasteiger partial charge on any atom is -0.336 e. The summed E-state index contributed by atoms with van der Waals surface area (Å²) in [6.45, 7) is 6.83. The lowest BCUT2D eigenvalue weighted by molar-refractivity contribution is 0.686. The molecule has 1 N–H and O–H groups in total. The molecule has 106 valence electrons. The van der Waals surface area contributed by atoms with Crippen molar-refractivity contribution < 1.29 is 0 Å². The molecular formula is C13H18N6O. The van der Waals surface area contributed by atoms with E-state index in [0.29, 0.717) is 29.2 Å². The molecule has 3 rings (SSSR count). The average molecular weight is 274 g/mol. The summed E-state index contributed by atoms with van der Waals surface area (Å²) in [5, 5.41) is 4.28. The summed E-state index contributed by atoms with van der Waals surface area (Å²) in [5.74, 6) is 2.07. The first-order valence-corrected chi connectivity index (χ1v) is 7.06. The summed E-state index contributed by atoms with van der Waals surface area (Å²) in [6.07, 6.45) is 2.40. The summed E-state index contributed by atoms with van der Waals surface area (Å²) < 4.78 is 3.35. The van der Waals surface area contributed by atoms with E-state index in [0.717, 1.165) is 25.2 Å². The van der Waals surface area contributed by atoms with Gasteiger partial charge in [-0.1, -0.05) is 20.8 Å². The standard InChI is InChI=1S/C13H18N6O/c1-4-7-18-11-10(14-8(5-2)15-11)12(20)19-13(18)16-9(6-3)17-19/h4-7H2,1-3H3,(H,14,15). The molecule has 0 aliphatic carbocycles. The Hall–Kier alpha value is -2.18. The molecule has 3 aromatic heterocycles. The molecule has 7 heteroatoms. The zero-order valence-corrected chi connectivity index (χ0v) is 12.0. The maximum absolute atomic E-state index is 12.5. The summed E-state index contributed by atoms with van der Waals surface area (Å²) in [6, 6.07) is 0. The Balaban J connectivity index is 2.46. The molecule has 0 atom stereocenters. The number of rotatable bonds is 4. The molecule has 0 amide bonds. The van der Waals surface area contributed by atoms with Gasteiger partial charge < -0.3 is 4.98 Å². The first kappa shape index (κ1) is 12.8. The van der Waals surface area contributed by atoms with Gasteiger partial charge in [-0.25, -0.2) is 4.98 Å². The minimum absolute atomic E-state index is 0.179. The molecule has 3 heterocycles. The van der Waals surface area contributed by atoms with Crippen LogP contribution in [0, 0.1) is 0 Å². The second-order valence-corrected chi connectivity index (χ2v) is 4.79. The third kappa shape index (κ3) is 1.73. The monoisotopic (exact) mass is 274 g/mol. The molecule has 0 saturated carbocycles. The SMILES string of the molecule is CCCn1c2nc(CC)[nH]c2c(=O)n2nc(CC)nc12. The largest absolute Gasteiger partial charge is 0.336 e. The highest BCUT2D eigenvalue weighted by atomic mass is 16.1. The lowest BCUT2D eigenvalue weighted by atomic mass is 10.4. The van der Waals surface area contributed by atoms with Gasteiger partial charge in [0, 0.05) is 19.4 Å². The first-order chi connectivity index (χ1) is 9.69. The topological polar surface area (TPSA) is 80.9 Å². The van der Waals surface area contributed by atoms with E-state index in [1.807, 2.05) is 18.4 Å². The van der Waals surface area contributed by atoms with Crippen LogP contribution >= 0.6 is 0 Å². The van der Waals surface area contributed by atoms with E-state index in [1.165, 1.54) is 4.52 Å². The normalized spacial score (nSPS) is 11.8. The maximum atomic E-state index is 12.5. The molecule has 0 unspecified atom stereocenters. The van der Waals surface area contributed by atoms with Gasteiger partial charge in [-0.3, -0.25) is 9.36 Å². The van der Waals surface area contributed by atoms with E-state index < -0.39 is 0 Å². The fourth-order valence-electron chi connectivity index (χ4n) is 2.36. The molecule has 0 fully saturated rings. The van der Waals surface area contributed by atoms with Crippen LogP contribution in [-0.2, 0) is 19.4 Å². The highest BCUT2D eigenvalue weighted by Gasteiger charge is 2.17. The van der Waals surface area contributed by atoms with Crippen LogP contribution in [0.4, 0.5) is 0 Å². The number of nitrogens with one attached hydrogen (secondary N) is 1. The van der Waals surface area contributed by atoms with Crippen molar-refractivity contribution in [3.05, 3.63) is 22.0 Å². The number of fused-ring (bicyclic) bond motifs is 2. The predicted molar refractivity (Wildman–Crippen MR) is 75.9 cm³/mol. The van der Waals surface area contributed by atoms with Crippen LogP contribution in [0.5, 0.6) is 0 Å². The molecule has 0 aliphatic heterocycles. The van der Waals surface area contributed by atoms with Gasteiger partial charge >= 0.3 is 5.56 Å². The lowest BCUT2D eigenvalue weighted by Crippen LogP contribution is -2.20. The van der Waals surface area contributed by atoms with E-state index in [-0.39, 0.29) is 5.56 Å². The summed E-state index contributed by atoms with van der Waals surface area (Å²) in [5.41, 5.74) is 1.01. The highest BCUT2D eigenvalue weighted by molar-refractivity contribution is 5.72. The third-order valence-corrected chi connectivity index (χ3v) is 3.37. The molecule has 20 heavy (non-hydrogen) atoms. The van der Waals surface area contributed by atoms with Crippen LogP contribution in [0.25, 0.3) is 16.9 Å². The van der Waals surface area contributed by atoms with Gasteiger partial charge in [-0.15, -0.1) is 5.10 Å². The summed E-state index contributed by atoms with van der Waals surface area (Å²) >= 11 is 0. The Morgan fingerprint density at radius 2 is 1.95 bits per heavy atom. The quantitative estimate of drug-likeness (QED) is 0.777. The molecule has 0 aliphatic rings. The Morgan fingerprint density at radius 1 is 1.15 bits per heavy atom. The number of nitrogens with zero attached hydrogens (tertiary/aromatic N) is 5. The summed E-state index contributed by atoms with van der Waals surface area (Å²) in [7, 11) is 0. The second-order valence-electron chi connectivity index (χ2n) is 4.79. The van der Waals surface area contributed by atoms with Crippen molar-refractivity contribution in [2.75, 3.05) is 0 Å². The molecule has 0 bridgehead atoms. The molecule has 0 aromatic carbocycles. The Labute approximate surface area is 115 Å². The van der Waals surface area contributed by atoms with Gasteiger partial charge in [0.1, 0.15) is 5.82 Å². The lowest BCUT2D eigenvalue weighted by Gasteiger charge is -2.06. The van der Waals surface area contributed by atoms with E-state index in [1.54, 1.807) is 0 Å². The minimum atomic E-state index is -0.179. The Morgan fingerprint density at radius 3 is 2.60 bits per heavy atom. The van der Waals surface area contributed by atoms with Gasteiger partial charge in [0.25, 0.3) is 0 Å². The van der Waals surface area contributed by atoms with Crippen molar-refractivity contribution in [3.63, 3.8) is 0 Å². The van der Waals surface area contributed by atoms with Gasteiger partial charge in [0.15, 0.2) is 17.0 Å². The van der Waals surface area contributed by atoms with Crippen molar-refractivity contribution in [3.8, 4) is 0 Å². The number of hydrogen-bond acceptors (Lipinski definition) is 4. The molecule has 7 nitrogen and oxygen atoms in total. The fourth-order valence-corrected chi connectivity index (χ4v) is 2.36. The van der Waals surface area contributed by atoms with Crippen LogP contribution in [-0.4, -0.2) is 29.1 Å². The van der Waals surface area contributed by atoms with Gasteiger partial charge in [-0.2, -0.15) is 9.50 Å². The van der Waals surface area contributed by atoms with Crippen molar-refractivity contribution in [1.82, 2.24) is 29.1 Å². The second kappa shape index (κ2) is 4.73. The smallest absolute Gasteiger partial charge is 0.301 e. The molecule has 0 radical (unpaired) electrons. The van der Waals surface area contributed by atoms with Crippen LogP contribution < -0.4 is 5.56 Å². The maximum Gasteiger partial charge on any atom is 0.301 e. The fraction of sp³-hybridized carbons (Fsp3) is 0.538. The zero-order valence-electron chi connectivity index (χ0n) is 12.0. The van der Waals surface area contributed by atoms with E-state index in [2.05, 4.69) is 27.0 Å². The number of H-pyrrole nitrogens is 1. The van der Waals surface area contributed by atoms with Gasteiger partial charge in [0.05, 0.1) is 0 Å². The van der Waals surface area contributed by atoms with Crippen LogP contribution in [0.3, 0.4) is 0 Å². The highest BCUT2D eigenvalue weighted by Crippen LogP contribution is 2.13. The van der Waals surface area contributed by atoms with Crippen LogP contribution in [0.15, 0.2) is 4.79 Å². The predicted octanol–water partition coefficient (Wildman–Crippen LogP) is 1.30. The molecule has 0 saturated heterocycles. The van der Waals surface area contributed by atoms with Gasteiger partial charge in [-0.05, 0) is 6.42 Å².